The quantitative estimate of drug-likeness (QED) is 0.593. The highest BCUT2D eigenvalue weighted by Crippen LogP contribution is 2.42. The van der Waals surface area contributed by atoms with Crippen molar-refractivity contribution in [2.45, 2.75) is 33.6 Å². The van der Waals surface area contributed by atoms with Gasteiger partial charge in [0, 0.05) is 23.9 Å². The van der Waals surface area contributed by atoms with Crippen molar-refractivity contribution in [3.63, 3.8) is 0 Å². The lowest BCUT2D eigenvalue weighted by atomic mass is 10.0. The minimum atomic E-state index is -0.329. The van der Waals surface area contributed by atoms with Crippen molar-refractivity contribution in [1.29, 1.82) is 0 Å². The van der Waals surface area contributed by atoms with Gasteiger partial charge in [-0.15, -0.1) is 0 Å². The Bertz CT molecular complexity index is 1030. The third kappa shape index (κ3) is 2.78. The van der Waals surface area contributed by atoms with Crippen LogP contribution in [0.15, 0.2) is 25.8 Å². The van der Waals surface area contributed by atoms with Crippen LogP contribution in [-0.4, -0.2) is 16.9 Å². The molecule has 2 heterocycles. The predicted octanol–water partition coefficient (Wildman–Crippen LogP) is 4.70. The first-order chi connectivity index (χ1) is 11.8. The smallest absolute Gasteiger partial charge is 0.339 e. The molecule has 0 atom stereocenters. The van der Waals surface area contributed by atoms with Crippen LogP contribution in [0.2, 0.25) is 0 Å². The van der Waals surface area contributed by atoms with Crippen molar-refractivity contribution >= 4 is 26.9 Å². The molecule has 3 rings (SSSR count). The van der Waals surface area contributed by atoms with E-state index >= 15 is 0 Å². The number of fused-ring (bicyclic) bond motifs is 1. The Morgan fingerprint density at radius 2 is 1.92 bits per heavy atom. The van der Waals surface area contributed by atoms with E-state index in [1.165, 1.54) is 0 Å². The number of methoxy groups -OCH3 is 1. The van der Waals surface area contributed by atoms with E-state index in [0.717, 1.165) is 32.4 Å². The van der Waals surface area contributed by atoms with Gasteiger partial charge in [0.15, 0.2) is 0 Å². The van der Waals surface area contributed by atoms with Crippen molar-refractivity contribution in [3.8, 4) is 17.0 Å². The molecule has 0 N–H and O–H groups in total. The van der Waals surface area contributed by atoms with E-state index in [1.807, 2.05) is 24.7 Å². The Hall–Kier alpha value is -2.08. The van der Waals surface area contributed by atoms with E-state index in [9.17, 15) is 4.79 Å². The maximum Gasteiger partial charge on any atom is 0.339 e. The van der Waals surface area contributed by atoms with E-state index in [0.29, 0.717) is 22.8 Å². The van der Waals surface area contributed by atoms with Gasteiger partial charge in [0.1, 0.15) is 11.3 Å². The van der Waals surface area contributed by atoms with Gasteiger partial charge < -0.3 is 9.15 Å². The van der Waals surface area contributed by atoms with Crippen LogP contribution in [0.3, 0.4) is 0 Å². The molecule has 25 heavy (non-hydrogen) atoms. The van der Waals surface area contributed by atoms with Crippen LogP contribution in [0, 0.1) is 13.8 Å². The molecular weight excluding hydrogens is 384 g/mol. The summed E-state index contributed by atoms with van der Waals surface area (Å²) in [4.78, 5) is 12.1. The highest BCUT2D eigenvalue weighted by Gasteiger charge is 2.21. The largest absolute Gasteiger partial charge is 0.495 e. The van der Waals surface area contributed by atoms with Gasteiger partial charge in [0.2, 0.25) is 0 Å². The Balaban J connectivity index is 2.38. The van der Waals surface area contributed by atoms with Crippen molar-refractivity contribution in [1.82, 2.24) is 9.78 Å². The Labute approximate surface area is 154 Å². The summed E-state index contributed by atoms with van der Waals surface area (Å²) < 4.78 is 13.8. The summed E-state index contributed by atoms with van der Waals surface area (Å²) in [7, 11) is 3.54. The molecule has 132 valence electrons. The Kier molecular flexibility index (Phi) is 4.49. The van der Waals surface area contributed by atoms with Crippen LogP contribution in [0.5, 0.6) is 5.75 Å². The highest BCUT2D eigenvalue weighted by atomic mass is 79.9. The molecule has 0 aliphatic rings. The number of hydrogen-bond acceptors (Lipinski definition) is 4. The molecule has 6 heteroatoms. The maximum absolute atomic E-state index is 12.1. The second kappa shape index (κ2) is 6.33. The lowest BCUT2D eigenvalue weighted by molar-refractivity contribution is 0.416. The number of rotatable bonds is 3. The minimum Gasteiger partial charge on any atom is -0.495 e. The van der Waals surface area contributed by atoms with Gasteiger partial charge >= 0.3 is 5.63 Å². The van der Waals surface area contributed by atoms with Gasteiger partial charge in [0.25, 0.3) is 0 Å². The number of halogens is 1. The highest BCUT2D eigenvalue weighted by molar-refractivity contribution is 9.10. The first kappa shape index (κ1) is 17.7. The zero-order chi connectivity index (χ0) is 18.5. The van der Waals surface area contributed by atoms with Gasteiger partial charge in [-0.2, -0.15) is 5.10 Å². The molecule has 0 saturated heterocycles. The van der Waals surface area contributed by atoms with Gasteiger partial charge in [-0.3, -0.25) is 4.68 Å². The third-order valence-corrected chi connectivity index (χ3v) is 5.41. The minimum absolute atomic E-state index is 0.329. The molecular formula is C19H21BrN2O3. The molecule has 0 unspecified atom stereocenters. The molecule has 0 radical (unpaired) electrons. The number of nitrogens with zero attached hydrogens (tertiary/aromatic N) is 2. The first-order valence-corrected chi connectivity index (χ1v) is 8.90. The van der Waals surface area contributed by atoms with E-state index in [4.69, 9.17) is 9.15 Å². The van der Waals surface area contributed by atoms with Crippen LogP contribution in [0.1, 0.15) is 36.6 Å². The standard InChI is InChI=1S/C19H21BrN2O3/c1-9(2)14-8-13(21-22(14)5)12-7-15-16(18(24-6)17(12)20)10(3)11(4)19(23)25-15/h7-9H,1-6H3. The van der Waals surface area contributed by atoms with Crippen molar-refractivity contribution in [2.75, 3.05) is 7.11 Å². The summed E-state index contributed by atoms with van der Waals surface area (Å²) in [6, 6.07) is 3.90. The SMILES string of the molecule is COc1c(Br)c(-c2cc(C(C)C)n(C)n2)cc2oc(=O)c(C)c(C)c12. The summed E-state index contributed by atoms with van der Waals surface area (Å²) >= 11 is 3.65. The number of aromatic nitrogens is 2. The van der Waals surface area contributed by atoms with Gasteiger partial charge in [0.05, 0.1) is 22.7 Å². The predicted molar refractivity (Wildman–Crippen MR) is 103 cm³/mol. The molecule has 0 bridgehead atoms. The number of ether oxygens (including phenoxy) is 1. The monoisotopic (exact) mass is 404 g/mol. The molecule has 3 aromatic rings. The summed E-state index contributed by atoms with van der Waals surface area (Å²) in [5, 5.41) is 5.42. The van der Waals surface area contributed by atoms with Crippen LogP contribution >= 0.6 is 15.9 Å². The Morgan fingerprint density at radius 3 is 2.48 bits per heavy atom. The zero-order valence-corrected chi connectivity index (χ0v) is 16.8. The molecule has 0 aliphatic heterocycles. The summed E-state index contributed by atoms with van der Waals surface area (Å²) in [6.45, 7) is 7.92. The van der Waals surface area contributed by atoms with Gasteiger partial charge in [-0.25, -0.2) is 4.79 Å². The topological polar surface area (TPSA) is 57.3 Å². The lowest BCUT2D eigenvalue weighted by Gasteiger charge is -2.13. The average Bonchev–Trinajstić information content (AvgIpc) is 2.95. The van der Waals surface area contributed by atoms with Crippen LogP contribution in [-0.2, 0) is 7.05 Å². The first-order valence-electron chi connectivity index (χ1n) is 8.11. The van der Waals surface area contributed by atoms with Gasteiger partial charge in [-0.1, -0.05) is 13.8 Å². The fourth-order valence-electron chi connectivity index (χ4n) is 3.09. The fourth-order valence-corrected chi connectivity index (χ4v) is 3.77. The maximum atomic E-state index is 12.1. The lowest BCUT2D eigenvalue weighted by Crippen LogP contribution is -2.06. The summed E-state index contributed by atoms with van der Waals surface area (Å²) in [5.74, 6) is 1.00. The molecule has 0 spiro atoms. The number of benzene rings is 1. The zero-order valence-electron chi connectivity index (χ0n) is 15.2. The molecule has 0 amide bonds. The molecule has 1 aromatic carbocycles. The third-order valence-electron chi connectivity index (χ3n) is 4.62. The number of hydrogen-bond donors (Lipinski definition) is 0. The van der Waals surface area contributed by atoms with Crippen molar-refractivity contribution in [3.05, 3.63) is 43.8 Å². The van der Waals surface area contributed by atoms with E-state index in [2.05, 4.69) is 40.9 Å². The van der Waals surface area contributed by atoms with Crippen LogP contribution in [0.25, 0.3) is 22.2 Å². The summed E-state index contributed by atoms with van der Waals surface area (Å²) in [5.41, 5.74) is 4.38. The van der Waals surface area contributed by atoms with Crippen LogP contribution < -0.4 is 10.4 Å². The normalized spacial score (nSPS) is 11.5. The summed E-state index contributed by atoms with van der Waals surface area (Å²) in [6.07, 6.45) is 0. The molecule has 5 nitrogen and oxygen atoms in total. The molecule has 0 fully saturated rings. The fraction of sp³-hybridized carbons (Fsp3) is 0.368. The van der Waals surface area contributed by atoms with E-state index in [-0.39, 0.29) is 5.63 Å². The average molecular weight is 405 g/mol. The molecule has 0 aliphatic carbocycles. The second-order valence-corrected chi connectivity index (χ2v) is 7.31. The van der Waals surface area contributed by atoms with Crippen LogP contribution in [0.4, 0.5) is 0 Å². The Morgan fingerprint density at radius 1 is 1.24 bits per heavy atom. The van der Waals surface area contributed by atoms with Crippen molar-refractivity contribution < 1.29 is 9.15 Å². The molecule has 2 aromatic heterocycles. The van der Waals surface area contributed by atoms with E-state index in [1.54, 1.807) is 14.0 Å². The second-order valence-electron chi connectivity index (χ2n) is 6.52. The molecule has 0 saturated carbocycles. The van der Waals surface area contributed by atoms with E-state index < -0.39 is 0 Å². The number of aryl methyl sites for hydroxylation is 2. The van der Waals surface area contributed by atoms with Crippen molar-refractivity contribution in [2.24, 2.45) is 7.05 Å². The van der Waals surface area contributed by atoms with Gasteiger partial charge in [-0.05, 0) is 53.4 Å².